The summed E-state index contributed by atoms with van der Waals surface area (Å²) < 4.78 is 5.33. The number of carbonyl (C=O) groups excluding carboxylic acids is 1. The van der Waals surface area contributed by atoms with Gasteiger partial charge in [-0.05, 0) is 37.4 Å². The van der Waals surface area contributed by atoms with Crippen LogP contribution in [0.5, 0.6) is 0 Å². The van der Waals surface area contributed by atoms with Crippen LogP contribution >= 0.6 is 35.0 Å². The third-order valence-corrected chi connectivity index (χ3v) is 4.92. The van der Waals surface area contributed by atoms with Crippen LogP contribution in [0.25, 0.3) is 11.6 Å². The van der Waals surface area contributed by atoms with Crippen LogP contribution in [0, 0.1) is 6.92 Å². The number of nitrogens with one attached hydrogen (secondary N) is 1. The summed E-state index contributed by atoms with van der Waals surface area (Å²) in [5.74, 6) is 0.629. The molecule has 2 heterocycles. The van der Waals surface area contributed by atoms with Gasteiger partial charge in [0.15, 0.2) is 11.6 Å². The van der Waals surface area contributed by atoms with Gasteiger partial charge in [0.25, 0.3) is 5.91 Å². The van der Waals surface area contributed by atoms with Crippen LogP contribution in [0.1, 0.15) is 16.1 Å². The molecule has 1 aromatic carbocycles. The average Bonchev–Trinajstić information content (AvgIpc) is 3.12. The van der Waals surface area contributed by atoms with E-state index in [0.717, 1.165) is 0 Å². The maximum absolute atomic E-state index is 12.7. The number of nitrogens with zero attached hydrogens (tertiary/aromatic N) is 2. The van der Waals surface area contributed by atoms with Crippen LogP contribution in [-0.2, 0) is 0 Å². The fourth-order valence-electron chi connectivity index (χ4n) is 2.26. The first-order valence-corrected chi connectivity index (χ1v) is 9.21. The summed E-state index contributed by atoms with van der Waals surface area (Å²) in [6.07, 6.45) is 3.39. The van der Waals surface area contributed by atoms with E-state index in [2.05, 4.69) is 15.3 Å². The molecule has 0 unspecified atom stereocenters. The molecule has 3 rings (SSSR count). The van der Waals surface area contributed by atoms with E-state index in [-0.39, 0.29) is 10.9 Å². The lowest BCUT2D eigenvalue weighted by molar-refractivity contribution is 0.102. The first-order chi connectivity index (χ1) is 12.0. The molecule has 0 atom stereocenters. The first-order valence-electron chi connectivity index (χ1n) is 7.23. The van der Waals surface area contributed by atoms with Crippen molar-refractivity contribution in [2.45, 2.75) is 11.9 Å². The molecule has 0 radical (unpaired) electrons. The third kappa shape index (κ3) is 3.66. The molecular weight excluding hydrogens is 381 g/mol. The molecule has 128 valence electrons. The zero-order chi connectivity index (χ0) is 18.0. The van der Waals surface area contributed by atoms with Crippen LogP contribution in [0.15, 0.2) is 46.0 Å². The number of amides is 1. The highest BCUT2D eigenvalue weighted by Gasteiger charge is 2.20. The molecule has 0 aliphatic rings. The standard InChI is InChI=1S/C17H13Cl2N3O2S/c1-9-13(16(23)21-11-6-3-5-10(18)14(11)19)17(25-2)22-15(20-9)12-7-4-8-24-12/h3-8H,1-2H3,(H,21,23). The van der Waals surface area contributed by atoms with Crippen LogP contribution in [0.4, 0.5) is 5.69 Å². The molecule has 3 aromatic rings. The van der Waals surface area contributed by atoms with Gasteiger partial charge in [0.05, 0.1) is 33.3 Å². The average molecular weight is 394 g/mol. The molecule has 0 saturated carbocycles. The Morgan fingerprint density at radius 1 is 1.20 bits per heavy atom. The highest BCUT2D eigenvalue weighted by atomic mass is 35.5. The van der Waals surface area contributed by atoms with Crippen LogP contribution < -0.4 is 5.32 Å². The zero-order valence-corrected chi connectivity index (χ0v) is 15.7. The predicted octanol–water partition coefficient (Wildman–Crippen LogP) is 5.33. The van der Waals surface area contributed by atoms with E-state index in [0.29, 0.717) is 38.6 Å². The SMILES string of the molecule is CSc1nc(-c2ccco2)nc(C)c1C(=O)Nc1cccc(Cl)c1Cl. The molecule has 5 nitrogen and oxygen atoms in total. The minimum Gasteiger partial charge on any atom is -0.461 e. The van der Waals surface area contributed by atoms with Crippen LogP contribution in [0.3, 0.4) is 0 Å². The monoisotopic (exact) mass is 393 g/mol. The number of rotatable bonds is 4. The number of carbonyl (C=O) groups is 1. The van der Waals surface area contributed by atoms with E-state index in [1.165, 1.54) is 11.8 Å². The summed E-state index contributed by atoms with van der Waals surface area (Å²) in [5, 5.41) is 3.97. The van der Waals surface area contributed by atoms with Crippen molar-refractivity contribution in [3.8, 4) is 11.6 Å². The molecule has 25 heavy (non-hydrogen) atoms. The predicted molar refractivity (Wildman–Crippen MR) is 101 cm³/mol. The van der Waals surface area contributed by atoms with Crippen molar-refractivity contribution in [3.05, 3.63) is 57.9 Å². The Morgan fingerprint density at radius 2 is 2.00 bits per heavy atom. The van der Waals surface area contributed by atoms with E-state index >= 15 is 0 Å². The number of benzene rings is 1. The van der Waals surface area contributed by atoms with Gasteiger partial charge in [0.2, 0.25) is 0 Å². The molecule has 0 saturated heterocycles. The van der Waals surface area contributed by atoms with E-state index in [1.54, 1.807) is 43.5 Å². The smallest absolute Gasteiger partial charge is 0.260 e. The van der Waals surface area contributed by atoms with Crippen molar-refractivity contribution in [2.24, 2.45) is 0 Å². The maximum Gasteiger partial charge on any atom is 0.260 e. The van der Waals surface area contributed by atoms with Gasteiger partial charge in [-0.3, -0.25) is 4.79 Å². The summed E-state index contributed by atoms with van der Waals surface area (Å²) in [6, 6.07) is 8.57. The first kappa shape index (κ1) is 17.8. The van der Waals surface area contributed by atoms with Gasteiger partial charge in [-0.1, -0.05) is 29.3 Å². The van der Waals surface area contributed by atoms with Crippen molar-refractivity contribution < 1.29 is 9.21 Å². The summed E-state index contributed by atoms with van der Waals surface area (Å²) in [7, 11) is 0. The molecule has 0 aliphatic carbocycles. The van der Waals surface area contributed by atoms with Gasteiger partial charge in [-0.2, -0.15) is 0 Å². The highest BCUT2D eigenvalue weighted by Crippen LogP contribution is 2.31. The van der Waals surface area contributed by atoms with Crippen molar-refractivity contribution in [1.82, 2.24) is 9.97 Å². The Morgan fingerprint density at radius 3 is 2.68 bits per heavy atom. The zero-order valence-electron chi connectivity index (χ0n) is 13.3. The minimum atomic E-state index is -0.350. The van der Waals surface area contributed by atoms with E-state index in [4.69, 9.17) is 27.6 Å². The number of aromatic nitrogens is 2. The number of furan rings is 1. The van der Waals surface area contributed by atoms with E-state index < -0.39 is 0 Å². The number of anilines is 1. The second kappa shape index (κ2) is 7.47. The number of thioether (sulfide) groups is 1. The lowest BCUT2D eigenvalue weighted by atomic mass is 10.2. The Kier molecular flexibility index (Phi) is 5.32. The molecule has 8 heteroatoms. The summed E-state index contributed by atoms with van der Waals surface area (Å²) in [4.78, 5) is 21.6. The lowest BCUT2D eigenvalue weighted by Gasteiger charge is -2.12. The van der Waals surface area contributed by atoms with Crippen LogP contribution in [-0.4, -0.2) is 22.1 Å². The molecule has 1 amide bonds. The Balaban J connectivity index is 1.98. The third-order valence-electron chi connectivity index (χ3n) is 3.42. The van der Waals surface area contributed by atoms with Gasteiger partial charge < -0.3 is 9.73 Å². The number of aryl methyl sites for hydroxylation is 1. The van der Waals surface area contributed by atoms with E-state index in [1.807, 2.05) is 6.26 Å². The second-order valence-electron chi connectivity index (χ2n) is 5.05. The molecule has 2 aromatic heterocycles. The van der Waals surface area contributed by atoms with Crippen molar-refractivity contribution in [1.29, 1.82) is 0 Å². The number of hydrogen-bond donors (Lipinski definition) is 1. The van der Waals surface area contributed by atoms with Crippen molar-refractivity contribution in [3.63, 3.8) is 0 Å². The Bertz CT molecular complexity index is 930. The van der Waals surface area contributed by atoms with Crippen molar-refractivity contribution >= 4 is 46.6 Å². The van der Waals surface area contributed by atoms with Gasteiger partial charge in [-0.25, -0.2) is 9.97 Å². The van der Waals surface area contributed by atoms with Gasteiger partial charge >= 0.3 is 0 Å². The Hall–Kier alpha value is -2.02. The highest BCUT2D eigenvalue weighted by molar-refractivity contribution is 7.98. The maximum atomic E-state index is 12.7. The van der Waals surface area contributed by atoms with E-state index in [9.17, 15) is 4.79 Å². The summed E-state index contributed by atoms with van der Waals surface area (Å²) in [5.41, 5.74) is 1.36. The number of hydrogen-bond acceptors (Lipinski definition) is 5. The van der Waals surface area contributed by atoms with Gasteiger partial charge in [0.1, 0.15) is 5.03 Å². The molecular formula is C17H13Cl2N3O2S. The molecule has 0 aliphatic heterocycles. The fraction of sp³-hybridized carbons (Fsp3) is 0.118. The van der Waals surface area contributed by atoms with Crippen molar-refractivity contribution in [2.75, 3.05) is 11.6 Å². The topological polar surface area (TPSA) is 68.0 Å². The minimum absolute atomic E-state index is 0.286. The van der Waals surface area contributed by atoms with Gasteiger partial charge in [-0.15, -0.1) is 11.8 Å². The molecule has 0 spiro atoms. The normalized spacial score (nSPS) is 10.7. The summed E-state index contributed by atoms with van der Waals surface area (Å²) >= 11 is 13.5. The van der Waals surface area contributed by atoms with Gasteiger partial charge in [0, 0.05) is 0 Å². The lowest BCUT2D eigenvalue weighted by Crippen LogP contribution is -2.17. The number of halogens is 2. The molecule has 1 N–H and O–H groups in total. The molecule has 0 fully saturated rings. The van der Waals surface area contributed by atoms with Crippen LogP contribution in [0.2, 0.25) is 10.0 Å². The fourth-order valence-corrected chi connectivity index (χ4v) is 3.23. The second-order valence-corrected chi connectivity index (χ2v) is 6.63. The molecule has 0 bridgehead atoms. The quantitative estimate of drug-likeness (QED) is 0.479. The largest absolute Gasteiger partial charge is 0.461 e. The Labute approximate surface area is 158 Å². The summed E-state index contributed by atoms with van der Waals surface area (Å²) in [6.45, 7) is 1.75.